The molecule has 0 heterocycles. The van der Waals surface area contributed by atoms with Gasteiger partial charge in [0.2, 0.25) is 0 Å². The largest absolute Gasteiger partial charge is 0.388 e. The van der Waals surface area contributed by atoms with Gasteiger partial charge in [-0.2, -0.15) is 0 Å². The van der Waals surface area contributed by atoms with Gasteiger partial charge in [-0.05, 0) is 18.4 Å². The summed E-state index contributed by atoms with van der Waals surface area (Å²) in [5.74, 6) is 0. The van der Waals surface area contributed by atoms with Crippen molar-refractivity contribution in [1.29, 1.82) is 0 Å². The number of hydrogen-bond donors (Lipinski definition) is 3. The summed E-state index contributed by atoms with van der Waals surface area (Å²) in [6, 6.07) is 9.53. The van der Waals surface area contributed by atoms with Crippen LogP contribution in [0, 0.1) is 0 Å². The number of aliphatic hydroxyl groups is 1. The number of urea groups is 1. The first-order valence-electron chi connectivity index (χ1n) is 6.46. The molecule has 0 unspecified atom stereocenters. The maximum Gasteiger partial charge on any atom is 0.315 e. The van der Waals surface area contributed by atoms with E-state index in [-0.39, 0.29) is 6.03 Å². The molecular weight excluding hydrogens is 228 g/mol. The molecule has 0 aliphatic heterocycles. The van der Waals surface area contributed by atoms with E-state index in [1.807, 2.05) is 30.3 Å². The zero-order valence-electron chi connectivity index (χ0n) is 10.5. The number of carbonyl (C=O) groups excluding carboxylic acids is 1. The molecule has 0 bridgehead atoms. The summed E-state index contributed by atoms with van der Waals surface area (Å²) in [7, 11) is 0. The van der Waals surface area contributed by atoms with Crippen LogP contribution in [-0.4, -0.2) is 23.3 Å². The summed E-state index contributed by atoms with van der Waals surface area (Å²) in [5.41, 5.74) is 0.372. The van der Waals surface area contributed by atoms with Crippen molar-refractivity contribution in [2.75, 3.05) is 6.54 Å². The van der Waals surface area contributed by atoms with Crippen LogP contribution >= 0.6 is 0 Å². The first-order chi connectivity index (χ1) is 8.68. The van der Waals surface area contributed by atoms with Crippen molar-refractivity contribution in [2.45, 2.75) is 37.8 Å². The normalized spacial score (nSPS) is 17.4. The molecule has 0 radical (unpaired) electrons. The average molecular weight is 248 g/mol. The Bertz CT molecular complexity index is 386. The highest BCUT2D eigenvalue weighted by molar-refractivity contribution is 5.73. The molecule has 1 aromatic rings. The standard InChI is InChI=1S/C14H20N2O2/c17-13(15-10-12-6-2-1-3-7-12)16-11-14(18)8-4-5-9-14/h1-3,6-7,18H,4-5,8-11H2,(H2,15,16,17). The van der Waals surface area contributed by atoms with Gasteiger partial charge in [-0.3, -0.25) is 0 Å². The van der Waals surface area contributed by atoms with E-state index in [1.54, 1.807) is 0 Å². The lowest BCUT2D eigenvalue weighted by molar-refractivity contribution is 0.0501. The maximum atomic E-state index is 11.6. The van der Waals surface area contributed by atoms with E-state index in [2.05, 4.69) is 10.6 Å². The molecule has 4 nitrogen and oxygen atoms in total. The molecule has 1 aromatic carbocycles. The van der Waals surface area contributed by atoms with Crippen LogP contribution in [-0.2, 0) is 6.54 Å². The van der Waals surface area contributed by atoms with E-state index in [1.165, 1.54) is 0 Å². The third-order valence-electron chi connectivity index (χ3n) is 3.41. The zero-order chi connectivity index (χ0) is 12.8. The number of nitrogens with one attached hydrogen (secondary N) is 2. The van der Waals surface area contributed by atoms with Crippen molar-refractivity contribution >= 4 is 6.03 Å². The highest BCUT2D eigenvalue weighted by atomic mass is 16.3. The third kappa shape index (κ3) is 3.74. The molecule has 3 N–H and O–H groups in total. The predicted molar refractivity (Wildman–Crippen MR) is 70.1 cm³/mol. The van der Waals surface area contributed by atoms with E-state index < -0.39 is 5.60 Å². The Morgan fingerprint density at radius 3 is 2.50 bits per heavy atom. The van der Waals surface area contributed by atoms with E-state index in [4.69, 9.17) is 0 Å². The van der Waals surface area contributed by atoms with Crippen LogP contribution in [0.15, 0.2) is 30.3 Å². The number of hydrogen-bond acceptors (Lipinski definition) is 2. The highest BCUT2D eigenvalue weighted by Gasteiger charge is 2.31. The number of amides is 2. The van der Waals surface area contributed by atoms with Gasteiger partial charge in [-0.15, -0.1) is 0 Å². The molecule has 1 aliphatic carbocycles. The van der Waals surface area contributed by atoms with Gasteiger partial charge >= 0.3 is 6.03 Å². The zero-order valence-corrected chi connectivity index (χ0v) is 10.5. The van der Waals surface area contributed by atoms with Gasteiger partial charge in [-0.25, -0.2) is 4.79 Å². The third-order valence-corrected chi connectivity index (χ3v) is 3.41. The molecular formula is C14H20N2O2. The van der Waals surface area contributed by atoms with Crippen LogP contribution in [0.2, 0.25) is 0 Å². The summed E-state index contributed by atoms with van der Waals surface area (Å²) in [5, 5.41) is 15.6. The van der Waals surface area contributed by atoms with Gasteiger partial charge in [0.05, 0.1) is 5.60 Å². The summed E-state index contributed by atoms with van der Waals surface area (Å²) >= 11 is 0. The molecule has 0 aromatic heterocycles. The molecule has 1 aliphatic rings. The second kappa shape index (κ2) is 5.87. The second-order valence-electron chi connectivity index (χ2n) is 4.95. The minimum absolute atomic E-state index is 0.223. The van der Waals surface area contributed by atoms with Gasteiger partial charge in [0, 0.05) is 13.1 Å². The van der Waals surface area contributed by atoms with Crippen LogP contribution in [0.25, 0.3) is 0 Å². The lowest BCUT2D eigenvalue weighted by atomic mass is 10.0. The van der Waals surface area contributed by atoms with Gasteiger partial charge in [0.25, 0.3) is 0 Å². The smallest absolute Gasteiger partial charge is 0.315 e. The van der Waals surface area contributed by atoms with Crippen molar-refractivity contribution in [3.8, 4) is 0 Å². The number of rotatable bonds is 4. The molecule has 18 heavy (non-hydrogen) atoms. The Morgan fingerprint density at radius 2 is 1.83 bits per heavy atom. The minimum Gasteiger partial charge on any atom is -0.388 e. The van der Waals surface area contributed by atoms with Gasteiger partial charge in [0.1, 0.15) is 0 Å². The summed E-state index contributed by atoms with van der Waals surface area (Å²) in [6.45, 7) is 0.846. The Balaban J connectivity index is 1.69. The fourth-order valence-corrected chi connectivity index (χ4v) is 2.30. The van der Waals surface area contributed by atoms with Gasteiger partial charge in [-0.1, -0.05) is 43.2 Å². The SMILES string of the molecule is O=C(NCc1ccccc1)NCC1(O)CCCC1. The van der Waals surface area contributed by atoms with Crippen molar-refractivity contribution in [3.05, 3.63) is 35.9 Å². The van der Waals surface area contributed by atoms with Crippen molar-refractivity contribution in [3.63, 3.8) is 0 Å². The van der Waals surface area contributed by atoms with Crippen LogP contribution in [0.5, 0.6) is 0 Å². The molecule has 1 saturated carbocycles. The van der Waals surface area contributed by atoms with E-state index in [0.29, 0.717) is 13.1 Å². The average Bonchev–Trinajstić information content (AvgIpc) is 2.83. The van der Waals surface area contributed by atoms with Crippen molar-refractivity contribution < 1.29 is 9.90 Å². The highest BCUT2D eigenvalue weighted by Crippen LogP contribution is 2.28. The lowest BCUT2D eigenvalue weighted by Gasteiger charge is -2.22. The first kappa shape index (κ1) is 12.9. The topological polar surface area (TPSA) is 61.4 Å². The first-order valence-corrected chi connectivity index (χ1v) is 6.46. The lowest BCUT2D eigenvalue weighted by Crippen LogP contribution is -2.44. The Labute approximate surface area is 107 Å². The fourth-order valence-electron chi connectivity index (χ4n) is 2.30. The van der Waals surface area contributed by atoms with E-state index in [0.717, 1.165) is 31.2 Å². The summed E-state index contributed by atoms with van der Waals surface area (Å²) in [6.07, 6.45) is 3.66. The van der Waals surface area contributed by atoms with Crippen molar-refractivity contribution in [2.24, 2.45) is 0 Å². The fraction of sp³-hybridized carbons (Fsp3) is 0.500. The molecule has 98 valence electrons. The minimum atomic E-state index is -0.690. The molecule has 0 spiro atoms. The van der Waals surface area contributed by atoms with E-state index >= 15 is 0 Å². The quantitative estimate of drug-likeness (QED) is 0.760. The maximum absolute atomic E-state index is 11.6. The molecule has 2 rings (SSSR count). The second-order valence-corrected chi connectivity index (χ2v) is 4.95. The van der Waals surface area contributed by atoms with Crippen LogP contribution in [0.3, 0.4) is 0 Å². The van der Waals surface area contributed by atoms with Crippen LogP contribution in [0.4, 0.5) is 4.79 Å². The van der Waals surface area contributed by atoms with E-state index in [9.17, 15) is 9.90 Å². The molecule has 4 heteroatoms. The Morgan fingerprint density at radius 1 is 1.17 bits per heavy atom. The van der Waals surface area contributed by atoms with Crippen molar-refractivity contribution in [1.82, 2.24) is 10.6 Å². The molecule has 0 saturated heterocycles. The molecule has 1 fully saturated rings. The monoisotopic (exact) mass is 248 g/mol. The van der Waals surface area contributed by atoms with Crippen LogP contribution < -0.4 is 10.6 Å². The molecule has 0 atom stereocenters. The van der Waals surface area contributed by atoms with Crippen LogP contribution in [0.1, 0.15) is 31.2 Å². The Kier molecular flexibility index (Phi) is 4.20. The predicted octanol–water partition coefficient (Wildman–Crippen LogP) is 1.79. The molecule has 2 amide bonds. The summed E-state index contributed by atoms with van der Waals surface area (Å²) in [4.78, 5) is 11.6. The summed E-state index contributed by atoms with van der Waals surface area (Å²) < 4.78 is 0. The van der Waals surface area contributed by atoms with Gasteiger partial charge in [0.15, 0.2) is 0 Å². The Hall–Kier alpha value is -1.55. The van der Waals surface area contributed by atoms with Gasteiger partial charge < -0.3 is 15.7 Å². The number of benzene rings is 1. The number of carbonyl (C=O) groups is 1.